The Balaban J connectivity index is 1.72. The van der Waals surface area contributed by atoms with Crippen LogP contribution in [0, 0.1) is 11.7 Å². The highest BCUT2D eigenvalue weighted by molar-refractivity contribution is 6.27. The molecule has 1 unspecified atom stereocenters. The third kappa shape index (κ3) is 3.76. The van der Waals surface area contributed by atoms with Gasteiger partial charge in [-0.3, -0.25) is 4.79 Å². The molecule has 4 N–H and O–H groups in total. The number of nitrogens with two attached hydrogens (primary N) is 1. The van der Waals surface area contributed by atoms with Gasteiger partial charge in [-0.2, -0.15) is 17.8 Å². The summed E-state index contributed by atoms with van der Waals surface area (Å²) >= 11 is 6.63. The number of aromatic nitrogens is 2. The Bertz CT molecular complexity index is 1110. The number of nitrogens with one attached hydrogen (secondary N) is 2. The van der Waals surface area contributed by atoms with Gasteiger partial charge in [0.1, 0.15) is 5.82 Å². The van der Waals surface area contributed by atoms with Gasteiger partial charge in [0.05, 0.1) is 28.0 Å². The van der Waals surface area contributed by atoms with Crippen molar-refractivity contribution in [3.05, 3.63) is 38.3 Å². The summed E-state index contributed by atoms with van der Waals surface area (Å²) in [4.78, 5) is 27.8. The first-order chi connectivity index (χ1) is 14.0. The van der Waals surface area contributed by atoms with E-state index < -0.39 is 34.7 Å². The van der Waals surface area contributed by atoms with E-state index in [4.69, 9.17) is 17.4 Å². The predicted molar refractivity (Wildman–Crippen MR) is 105 cm³/mol. The first-order valence-corrected chi connectivity index (χ1v) is 9.86. The number of hydrogen-bond donors (Lipinski definition) is 3. The number of nitrogens with zero attached hydrogens (tertiary/aromatic N) is 2. The molecule has 1 aromatic carbocycles. The van der Waals surface area contributed by atoms with E-state index in [1.54, 1.807) is 4.90 Å². The number of alkyl halides is 4. The average Bonchev–Trinajstić information content (AvgIpc) is 3.22. The van der Waals surface area contributed by atoms with Crippen LogP contribution in [0.15, 0.2) is 15.7 Å². The molecule has 0 spiro atoms. The number of benzene rings is 1. The van der Waals surface area contributed by atoms with Crippen molar-refractivity contribution in [3.8, 4) is 0 Å². The summed E-state index contributed by atoms with van der Waals surface area (Å²) in [5.74, 6) is 4.64. The van der Waals surface area contributed by atoms with Gasteiger partial charge in [0, 0.05) is 25.2 Å². The Kier molecular flexibility index (Phi) is 5.00. The Labute approximate surface area is 172 Å². The minimum Gasteiger partial charge on any atom is -0.368 e. The summed E-state index contributed by atoms with van der Waals surface area (Å²) in [6, 6.07) is 1.02. The van der Waals surface area contributed by atoms with E-state index in [1.165, 1.54) is 0 Å². The normalized spacial score (nSPS) is 20.8. The zero-order chi connectivity index (χ0) is 21.8. The van der Waals surface area contributed by atoms with Crippen molar-refractivity contribution in [2.75, 3.05) is 36.9 Å². The fourth-order valence-electron chi connectivity index (χ4n) is 4.05. The molecule has 1 saturated heterocycles. The molecular weight excluding hydrogens is 430 g/mol. The molecule has 30 heavy (non-hydrogen) atoms. The molecule has 1 atom stereocenters. The molecule has 2 aromatic rings. The van der Waals surface area contributed by atoms with Gasteiger partial charge in [-0.1, -0.05) is 0 Å². The number of fused-ring (bicyclic) bond motifs is 1. The van der Waals surface area contributed by atoms with Crippen molar-refractivity contribution in [1.82, 2.24) is 15.0 Å². The summed E-state index contributed by atoms with van der Waals surface area (Å²) < 4.78 is 52.6. The summed E-state index contributed by atoms with van der Waals surface area (Å²) in [7, 11) is 0. The van der Waals surface area contributed by atoms with Crippen LogP contribution in [0.5, 0.6) is 0 Å². The molecule has 164 valence electrons. The molecule has 7 nitrogen and oxygen atoms in total. The first-order valence-electron chi connectivity index (χ1n) is 9.48. The third-order valence-electron chi connectivity index (χ3n) is 5.65. The van der Waals surface area contributed by atoms with Gasteiger partial charge >= 0.3 is 11.9 Å². The number of rotatable bonds is 5. The minimum absolute atomic E-state index is 0.0807. The zero-order valence-electron chi connectivity index (χ0n) is 15.8. The van der Waals surface area contributed by atoms with Crippen molar-refractivity contribution in [2.45, 2.75) is 30.3 Å². The molecule has 1 aliphatic carbocycles. The van der Waals surface area contributed by atoms with Crippen LogP contribution < -0.4 is 27.3 Å². The molecule has 0 radical (unpaired) electrons. The number of halogens is 5. The molecule has 0 amide bonds. The van der Waals surface area contributed by atoms with Crippen LogP contribution in [0.3, 0.4) is 0 Å². The summed E-state index contributed by atoms with van der Waals surface area (Å²) in [5.41, 5.74) is -1.02. The van der Waals surface area contributed by atoms with Crippen LogP contribution in [0.4, 0.5) is 23.2 Å². The van der Waals surface area contributed by atoms with Gasteiger partial charge in [0.15, 0.2) is 0 Å². The number of H-pyrrole nitrogens is 1. The SMILES string of the molecule is Nn1c(=O)[nH]c2c(C3(Cl)CC3)c(N3CCC(CNCC(F)(F)F)C3)c(F)cc2c1=O. The highest BCUT2D eigenvalue weighted by Gasteiger charge is 2.47. The summed E-state index contributed by atoms with van der Waals surface area (Å²) in [6.07, 6.45) is -2.65. The quantitative estimate of drug-likeness (QED) is 0.367. The van der Waals surface area contributed by atoms with Gasteiger partial charge in [0.2, 0.25) is 0 Å². The maximum atomic E-state index is 15.2. The second kappa shape index (κ2) is 7.16. The van der Waals surface area contributed by atoms with E-state index in [0.717, 1.165) is 6.07 Å². The molecule has 1 aliphatic heterocycles. The van der Waals surface area contributed by atoms with E-state index in [0.29, 0.717) is 42.6 Å². The Morgan fingerprint density at radius 2 is 2.03 bits per heavy atom. The Morgan fingerprint density at radius 1 is 1.33 bits per heavy atom. The Morgan fingerprint density at radius 3 is 2.67 bits per heavy atom. The van der Waals surface area contributed by atoms with Gasteiger partial charge in [-0.25, -0.2) is 9.18 Å². The highest BCUT2D eigenvalue weighted by atomic mass is 35.5. The summed E-state index contributed by atoms with van der Waals surface area (Å²) in [5, 5.41) is 2.30. The van der Waals surface area contributed by atoms with E-state index in [1.807, 2.05) is 0 Å². The number of nitrogen functional groups attached to an aromatic ring is 1. The van der Waals surface area contributed by atoms with Crippen molar-refractivity contribution in [1.29, 1.82) is 0 Å². The molecule has 2 fully saturated rings. The van der Waals surface area contributed by atoms with Crippen LogP contribution in [0.25, 0.3) is 10.9 Å². The molecular formula is C18H20ClF4N5O2. The smallest absolute Gasteiger partial charge is 0.368 e. The Hall–Kier alpha value is -2.27. The fraction of sp³-hybridized carbons (Fsp3) is 0.556. The van der Waals surface area contributed by atoms with Crippen molar-refractivity contribution in [2.24, 2.45) is 5.92 Å². The largest absolute Gasteiger partial charge is 0.401 e. The molecule has 2 heterocycles. The maximum Gasteiger partial charge on any atom is 0.401 e. The second-order valence-electron chi connectivity index (χ2n) is 7.92. The van der Waals surface area contributed by atoms with Crippen LogP contribution in [-0.2, 0) is 4.87 Å². The second-order valence-corrected chi connectivity index (χ2v) is 8.65. The van der Waals surface area contributed by atoms with Gasteiger partial charge in [-0.05, 0) is 31.2 Å². The van der Waals surface area contributed by atoms with E-state index >= 15 is 4.39 Å². The molecule has 12 heteroatoms. The third-order valence-corrected chi connectivity index (χ3v) is 6.22. The topological polar surface area (TPSA) is 96.2 Å². The lowest BCUT2D eigenvalue weighted by Gasteiger charge is -2.26. The molecule has 1 saturated carbocycles. The lowest BCUT2D eigenvalue weighted by molar-refractivity contribution is -0.125. The van der Waals surface area contributed by atoms with Gasteiger partial charge in [0.25, 0.3) is 5.56 Å². The zero-order valence-corrected chi connectivity index (χ0v) is 16.5. The van der Waals surface area contributed by atoms with Gasteiger partial charge in [-0.15, -0.1) is 11.6 Å². The van der Waals surface area contributed by atoms with Crippen molar-refractivity contribution < 1.29 is 17.6 Å². The van der Waals surface area contributed by atoms with E-state index in [2.05, 4.69) is 10.3 Å². The first kappa shape index (κ1) is 21.0. The van der Waals surface area contributed by atoms with Crippen molar-refractivity contribution in [3.63, 3.8) is 0 Å². The molecule has 2 aliphatic rings. The maximum absolute atomic E-state index is 15.2. The number of hydrogen-bond acceptors (Lipinski definition) is 5. The lowest BCUT2D eigenvalue weighted by Crippen LogP contribution is -2.41. The van der Waals surface area contributed by atoms with Crippen molar-refractivity contribution >= 4 is 28.2 Å². The number of anilines is 1. The average molecular weight is 450 g/mol. The lowest BCUT2D eigenvalue weighted by atomic mass is 10.0. The molecule has 1 aromatic heterocycles. The van der Waals surface area contributed by atoms with Crippen LogP contribution >= 0.6 is 11.6 Å². The fourth-order valence-corrected chi connectivity index (χ4v) is 4.33. The summed E-state index contributed by atoms with van der Waals surface area (Å²) in [6.45, 7) is -0.206. The van der Waals surface area contributed by atoms with Gasteiger partial charge < -0.3 is 21.0 Å². The molecule has 0 bridgehead atoms. The monoisotopic (exact) mass is 449 g/mol. The van der Waals surface area contributed by atoms with Crippen LogP contribution in [0.2, 0.25) is 0 Å². The molecule has 4 rings (SSSR count). The standard InChI is InChI=1S/C18H20ClF4N5O2/c19-17(2-3-17)12-13-10(15(29)28(24)16(30)26-13)5-11(20)14(12)27-4-1-9(7-27)6-25-8-18(21,22)23/h5,9,25H,1-4,6-8,24H2,(H,26,30). The van der Waals surface area contributed by atoms with E-state index in [9.17, 15) is 22.8 Å². The predicted octanol–water partition coefficient (Wildman–Crippen LogP) is 1.75. The highest BCUT2D eigenvalue weighted by Crippen LogP contribution is 2.57. The van der Waals surface area contributed by atoms with E-state index in [-0.39, 0.29) is 29.1 Å². The van der Waals surface area contributed by atoms with Crippen LogP contribution in [0.1, 0.15) is 24.8 Å². The van der Waals surface area contributed by atoms with Crippen LogP contribution in [-0.4, -0.2) is 42.0 Å². The minimum atomic E-state index is -4.30. The number of aromatic amines is 1.